The van der Waals surface area contributed by atoms with Crippen LogP contribution in [0.2, 0.25) is 0 Å². The second-order valence-electron chi connectivity index (χ2n) is 7.65. The lowest BCUT2D eigenvalue weighted by Gasteiger charge is -2.33. The Labute approximate surface area is 173 Å². The number of aromatic nitrogens is 2. The van der Waals surface area contributed by atoms with Gasteiger partial charge in [-0.2, -0.15) is 4.68 Å². The van der Waals surface area contributed by atoms with E-state index in [1.165, 1.54) is 0 Å². The Kier molecular flexibility index (Phi) is 6.14. The summed E-state index contributed by atoms with van der Waals surface area (Å²) in [4.78, 5) is 32.3. The normalized spacial score (nSPS) is 11.3. The summed E-state index contributed by atoms with van der Waals surface area (Å²) >= 11 is 0. The summed E-state index contributed by atoms with van der Waals surface area (Å²) < 4.78 is 28.0. The average molecular weight is 414 g/mol. The van der Waals surface area contributed by atoms with Crippen molar-refractivity contribution in [2.75, 3.05) is 10.3 Å². The number of anilines is 1. The summed E-state index contributed by atoms with van der Waals surface area (Å²) in [5, 5.41) is 0.353. The number of hydrogen-bond acceptors (Lipinski definition) is 4. The first kappa shape index (κ1) is 21.4. The van der Waals surface area contributed by atoms with E-state index in [0.717, 1.165) is 22.9 Å². The van der Waals surface area contributed by atoms with E-state index in [9.17, 15) is 18.4 Å². The fraction of sp³-hybridized carbons (Fsp3) is 0.318. The van der Waals surface area contributed by atoms with Gasteiger partial charge in [0.1, 0.15) is 11.6 Å². The predicted molar refractivity (Wildman–Crippen MR) is 113 cm³/mol. The van der Waals surface area contributed by atoms with Crippen molar-refractivity contribution in [2.45, 2.75) is 46.2 Å². The van der Waals surface area contributed by atoms with E-state index in [1.807, 2.05) is 32.6 Å². The van der Waals surface area contributed by atoms with E-state index in [-0.39, 0.29) is 24.1 Å². The molecular formula is C22H24F2N4O2. The van der Waals surface area contributed by atoms with Crippen LogP contribution in [0.25, 0.3) is 10.9 Å². The topological polar surface area (TPSA) is 67.2 Å². The van der Waals surface area contributed by atoms with Crippen molar-refractivity contribution in [2.24, 2.45) is 0 Å². The molecule has 1 N–H and O–H groups in total. The first-order chi connectivity index (χ1) is 14.2. The van der Waals surface area contributed by atoms with Crippen LogP contribution in [0, 0.1) is 11.6 Å². The maximum absolute atomic E-state index is 13.4. The summed E-state index contributed by atoms with van der Waals surface area (Å²) in [5.41, 5.74) is 2.81. The Hall–Kier alpha value is -3.29. The molecule has 0 spiro atoms. The van der Waals surface area contributed by atoms with Crippen LogP contribution >= 0.6 is 0 Å². The van der Waals surface area contributed by atoms with Gasteiger partial charge in [-0.15, -0.1) is 0 Å². The predicted octanol–water partition coefficient (Wildman–Crippen LogP) is 3.61. The molecule has 0 fully saturated rings. The van der Waals surface area contributed by atoms with Gasteiger partial charge in [0.15, 0.2) is 0 Å². The molecule has 1 aromatic heterocycles. The second-order valence-corrected chi connectivity index (χ2v) is 7.65. The largest absolute Gasteiger partial charge is 0.336 e. The molecule has 158 valence electrons. The molecule has 8 heteroatoms. The summed E-state index contributed by atoms with van der Waals surface area (Å²) in [5.74, 6) is -1.84. The van der Waals surface area contributed by atoms with Gasteiger partial charge in [0, 0.05) is 18.2 Å². The van der Waals surface area contributed by atoms with Gasteiger partial charge in [0.2, 0.25) is 11.9 Å². The van der Waals surface area contributed by atoms with E-state index >= 15 is 0 Å². The number of rotatable bonds is 6. The van der Waals surface area contributed by atoms with E-state index in [2.05, 4.69) is 10.4 Å². The molecule has 3 aromatic rings. The third-order valence-corrected chi connectivity index (χ3v) is 4.63. The molecule has 30 heavy (non-hydrogen) atoms. The number of para-hydroxylation sites is 1. The van der Waals surface area contributed by atoms with Crippen molar-refractivity contribution in [3.8, 4) is 0 Å². The molecule has 0 saturated heterocycles. The molecule has 0 radical (unpaired) electrons. The molecule has 0 aliphatic heterocycles. The van der Waals surface area contributed by atoms with E-state index < -0.39 is 23.1 Å². The Morgan fingerprint density at radius 3 is 2.27 bits per heavy atom. The van der Waals surface area contributed by atoms with Crippen LogP contribution in [0.4, 0.5) is 14.7 Å². The van der Waals surface area contributed by atoms with Crippen LogP contribution in [0.15, 0.2) is 47.3 Å². The van der Waals surface area contributed by atoms with Crippen LogP contribution < -0.4 is 15.9 Å². The number of amides is 1. The molecule has 0 aliphatic carbocycles. The van der Waals surface area contributed by atoms with Crippen LogP contribution in [-0.4, -0.2) is 27.7 Å². The second kappa shape index (κ2) is 8.61. The third-order valence-electron chi connectivity index (χ3n) is 4.63. The molecule has 1 heterocycles. The van der Waals surface area contributed by atoms with Gasteiger partial charge in [-0.25, -0.2) is 13.8 Å². The lowest BCUT2D eigenvalue weighted by Crippen LogP contribution is -2.45. The molecule has 0 unspecified atom stereocenters. The number of halogens is 2. The summed E-state index contributed by atoms with van der Waals surface area (Å²) in [6.45, 7) is 7.85. The summed E-state index contributed by atoms with van der Waals surface area (Å²) in [7, 11) is 0. The first-order valence-corrected chi connectivity index (χ1v) is 9.72. The zero-order chi connectivity index (χ0) is 22.0. The van der Waals surface area contributed by atoms with Crippen molar-refractivity contribution < 1.29 is 13.6 Å². The minimum Gasteiger partial charge on any atom is -0.336 e. The highest BCUT2D eigenvalue weighted by Gasteiger charge is 2.23. The molecule has 6 nitrogen and oxygen atoms in total. The van der Waals surface area contributed by atoms with Gasteiger partial charge in [0.25, 0.3) is 5.56 Å². The Morgan fingerprint density at radius 2 is 1.67 bits per heavy atom. The number of nitrogens with zero attached hydrogens (tertiary/aromatic N) is 3. The van der Waals surface area contributed by atoms with E-state index in [0.29, 0.717) is 16.9 Å². The van der Waals surface area contributed by atoms with Crippen molar-refractivity contribution in [1.29, 1.82) is 0 Å². The number of carbonyl (C=O) groups excluding carboxylic acids is 1. The van der Waals surface area contributed by atoms with Gasteiger partial charge in [-0.1, -0.05) is 12.1 Å². The lowest BCUT2D eigenvalue weighted by atomic mass is 10.1. The SMILES string of the molecule is CC(C)N(c1nc2ccccc2c(=O)n1NC(=O)Cc1cc(F)cc(F)c1)C(C)C. The maximum Gasteiger partial charge on any atom is 0.281 e. The van der Waals surface area contributed by atoms with Crippen LogP contribution in [-0.2, 0) is 11.2 Å². The summed E-state index contributed by atoms with van der Waals surface area (Å²) in [6, 6.07) is 9.77. The minimum atomic E-state index is -0.770. The Morgan fingerprint density at radius 1 is 1.07 bits per heavy atom. The molecule has 0 saturated carbocycles. The van der Waals surface area contributed by atoms with Crippen molar-refractivity contribution in [3.63, 3.8) is 0 Å². The third kappa shape index (κ3) is 4.48. The molecule has 1 amide bonds. The molecule has 0 aliphatic rings. The first-order valence-electron chi connectivity index (χ1n) is 9.72. The monoisotopic (exact) mass is 414 g/mol. The number of carbonyl (C=O) groups is 1. The smallest absolute Gasteiger partial charge is 0.281 e. The van der Waals surface area contributed by atoms with Crippen LogP contribution in [0.3, 0.4) is 0 Å². The fourth-order valence-corrected chi connectivity index (χ4v) is 3.52. The van der Waals surface area contributed by atoms with Crippen LogP contribution in [0.1, 0.15) is 33.3 Å². The van der Waals surface area contributed by atoms with E-state index in [4.69, 9.17) is 0 Å². The number of nitrogens with one attached hydrogen (secondary N) is 1. The molecular weight excluding hydrogens is 390 g/mol. The maximum atomic E-state index is 13.4. The Balaban J connectivity index is 2.06. The minimum absolute atomic E-state index is 0.00136. The van der Waals surface area contributed by atoms with Crippen LogP contribution in [0.5, 0.6) is 0 Å². The van der Waals surface area contributed by atoms with E-state index in [1.54, 1.807) is 24.3 Å². The van der Waals surface area contributed by atoms with Gasteiger partial charge < -0.3 is 4.90 Å². The Bertz CT molecular complexity index is 1110. The summed E-state index contributed by atoms with van der Waals surface area (Å²) in [6.07, 6.45) is -0.295. The van der Waals surface area contributed by atoms with Gasteiger partial charge in [0.05, 0.1) is 17.3 Å². The molecule has 3 rings (SSSR count). The highest BCUT2D eigenvalue weighted by Crippen LogP contribution is 2.19. The van der Waals surface area contributed by atoms with Gasteiger partial charge in [-0.3, -0.25) is 15.0 Å². The number of benzene rings is 2. The zero-order valence-electron chi connectivity index (χ0n) is 17.3. The number of hydrogen-bond donors (Lipinski definition) is 1. The van der Waals surface area contributed by atoms with Crippen molar-refractivity contribution in [1.82, 2.24) is 9.66 Å². The number of fused-ring (bicyclic) bond motifs is 1. The molecule has 0 bridgehead atoms. The highest BCUT2D eigenvalue weighted by atomic mass is 19.1. The lowest BCUT2D eigenvalue weighted by molar-refractivity contribution is -0.116. The molecule has 2 aromatic carbocycles. The highest BCUT2D eigenvalue weighted by molar-refractivity contribution is 5.87. The fourth-order valence-electron chi connectivity index (χ4n) is 3.52. The van der Waals surface area contributed by atoms with Gasteiger partial charge in [-0.05, 0) is 57.5 Å². The van der Waals surface area contributed by atoms with Crippen molar-refractivity contribution in [3.05, 3.63) is 70.0 Å². The molecule has 0 atom stereocenters. The quantitative estimate of drug-likeness (QED) is 0.669. The van der Waals surface area contributed by atoms with Crippen molar-refractivity contribution >= 4 is 22.8 Å². The zero-order valence-corrected chi connectivity index (χ0v) is 17.3. The van der Waals surface area contributed by atoms with Gasteiger partial charge >= 0.3 is 0 Å². The average Bonchev–Trinajstić information content (AvgIpc) is 2.63. The standard InChI is InChI=1S/C22H24F2N4O2/c1-13(2)27(14(3)4)22-25-19-8-6-5-7-18(19)21(30)28(22)26-20(29)11-15-9-16(23)12-17(24)10-15/h5-10,12-14H,11H2,1-4H3,(H,26,29).